The fourth-order valence-electron chi connectivity index (χ4n) is 2.10. The number of rotatable bonds is 3. The largest absolute Gasteiger partial charge is 0.379 e. The molecule has 108 valence electrons. The maximum Gasteiger partial charge on any atom is 0.251 e. The summed E-state index contributed by atoms with van der Waals surface area (Å²) in [5, 5.41) is 5.36. The van der Waals surface area contributed by atoms with Crippen molar-refractivity contribution in [3.63, 3.8) is 0 Å². The van der Waals surface area contributed by atoms with Gasteiger partial charge < -0.3 is 21.1 Å². The third kappa shape index (κ3) is 2.81. The molecular formula is C14H19N3O3. The van der Waals surface area contributed by atoms with Crippen molar-refractivity contribution in [3.05, 3.63) is 29.3 Å². The molecule has 0 aromatic heterocycles. The molecule has 2 amide bonds. The standard InChI is InChI=1S/C14H19N3O3/c1-9-7-10(12(18)16-2)3-4-11(9)17-13(19)14(15)5-6-20-8-14/h3-4,7H,5-6,8,15H2,1-2H3,(H,16,18)(H,17,19). The Labute approximate surface area is 117 Å². The van der Waals surface area contributed by atoms with Crippen LogP contribution in [0.25, 0.3) is 0 Å². The van der Waals surface area contributed by atoms with E-state index in [4.69, 9.17) is 10.5 Å². The number of hydrogen-bond acceptors (Lipinski definition) is 4. The number of hydrogen-bond donors (Lipinski definition) is 3. The molecule has 20 heavy (non-hydrogen) atoms. The van der Waals surface area contributed by atoms with E-state index in [1.54, 1.807) is 25.2 Å². The van der Waals surface area contributed by atoms with Gasteiger partial charge in [-0.05, 0) is 37.1 Å². The smallest absolute Gasteiger partial charge is 0.251 e. The number of aryl methyl sites for hydroxylation is 1. The van der Waals surface area contributed by atoms with Gasteiger partial charge in [0, 0.05) is 24.9 Å². The van der Waals surface area contributed by atoms with Gasteiger partial charge >= 0.3 is 0 Å². The molecule has 6 nitrogen and oxygen atoms in total. The molecule has 1 aliphatic rings. The van der Waals surface area contributed by atoms with Gasteiger partial charge in [-0.25, -0.2) is 0 Å². The second-order valence-corrected chi connectivity index (χ2v) is 5.02. The molecule has 6 heteroatoms. The molecule has 1 heterocycles. The van der Waals surface area contributed by atoms with Crippen molar-refractivity contribution in [2.24, 2.45) is 5.73 Å². The first-order valence-electron chi connectivity index (χ1n) is 6.47. The van der Waals surface area contributed by atoms with Gasteiger partial charge in [-0.15, -0.1) is 0 Å². The van der Waals surface area contributed by atoms with Gasteiger partial charge in [0.05, 0.1) is 6.61 Å². The van der Waals surface area contributed by atoms with Gasteiger partial charge in [0.2, 0.25) is 5.91 Å². The first-order valence-corrected chi connectivity index (χ1v) is 6.47. The summed E-state index contributed by atoms with van der Waals surface area (Å²) in [5.74, 6) is -0.420. The van der Waals surface area contributed by atoms with E-state index >= 15 is 0 Å². The minimum atomic E-state index is -0.966. The Kier molecular flexibility index (Phi) is 4.06. The SMILES string of the molecule is CNC(=O)c1ccc(NC(=O)C2(N)CCOC2)c(C)c1. The molecule has 1 aromatic rings. The minimum Gasteiger partial charge on any atom is -0.379 e. The van der Waals surface area contributed by atoms with Crippen molar-refractivity contribution in [1.29, 1.82) is 0 Å². The zero-order valence-corrected chi connectivity index (χ0v) is 11.7. The number of amides is 2. The summed E-state index contributed by atoms with van der Waals surface area (Å²) >= 11 is 0. The Morgan fingerprint density at radius 1 is 1.40 bits per heavy atom. The van der Waals surface area contributed by atoms with E-state index in [1.807, 2.05) is 6.92 Å². The number of nitrogens with one attached hydrogen (secondary N) is 2. The average Bonchev–Trinajstić information content (AvgIpc) is 2.88. The third-order valence-electron chi connectivity index (χ3n) is 3.47. The Morgan fingerprint density at radius 2 is 2.15 bits per heavy atom. The highest BCUT2D eigenvalue weighted by Crippen LogP contribution is 2.21. The van der Waals surface area contributed by atoms with Crippen molar-refractivity contribution >= 4 is 17.5 Å². The number of benzene rings is 1. The molecular weight excluding hydrogens is 258 g/mol. The van der Waals surface area contributed by atoms with E-state index in [0.29, 0.717) is 24.3 Å². The first kappa shape index (κ1) is 14.5. The van der Waals surface area contributed by atoms with Crippen LogP contribution >= 0.6 is 0 Å². The lowest BCUT2D eigenvalue weighted by Crippen LogP contribution is -2.51. The fourth-order valence-corrected chi connectivity index (χ4v) is 2.10. The molecule has 1 fully saturated rings. The quantitative estimate of drug-likeness (QED) is 0.746. The molecule has 0 bridgehead atoms. The van der Waals surface area contributed by atoms with Gasteiger partial charge in [-0.2, -0.15) is 0 Å². The molecule has 2 rings (SSSR count). The Hall–Kier alpha value is -1.92. The Balaban J connectivity index is 2.14. The van der Waals surface area contributed by atoms with Gasteiger partial charge in [0.1, 0.15) is 5.54 Å². The summed E-state index contributed by atoms with van der Waals surface area (Å²) in [4.78, 5) is 23.7. The van der Waals surface area contributed by atoms with Crippen LogP contribution in [0.5, 0.6) is 0 Å². The van der Waals surface area contributed by atoms with Crippen LogP contribution in [0.2, 0.25) is 0 Å². The Morgan fingerprint density at radius 3 is 2.70 bits per heavy atom. The minimum absolute atomic E-state index is 0.162. The van der Waals surface area contributed by atoms with Gasteiger partial charge in [0.15, 0.2) is 0 Å². The normalized spacial score (nSPS) is 21.6. The lowest BCUT2D eigenvalue weighted by atomic mass is 9.98. The molecule has 4 N–H and O–H groups in total. The summed E-state index contributed by atoms with van der Waals surface area (Å²) in [6.07, 6.45) is 0.508. The fraction of sp³-hybridized carbons (Fsp3) is 0.429. The molecule has 0 radical (unpaired) electrons. The number of carbonyl (C=O) groups is 2. The first-order chi connectivity index (χ1) is 9.46. The average molecular weight is 277 g/mol. The topological polar surface area (TPSA) is 93.5 Å². The van der Waals surface area contributed by atoms with E-state index in [-0.39, 0.29) is 18.4 Å². The molecule has 1 unspecified atom stereocenters. The maximum absolute atomic E-state index is 12.2. The van der Waals surface area contributed by atoms with Gasteiger partial charge in [-0.1, -0.05) is 0 Å². The Bertz CT molecular complexity index is 536. The number of nitrogens with two attached hydrogens (primary N) is 1. The van der Waals surface area contributed by atoms with Crippen LogP contribution in [0.1, 0.15) is 22.3 Å². The second-order valence-electron chi connectivity index (χ2n) is 5.02. The molecule has 0 aliphatic carbocycles. The van der Waals surface area contributed by atoms with E-state index < -0.39 is 5.54 Å². The summed E-state index contributed by atoms with van der Waals surface area (Å²) in [6.45, 7) is 2.56. The van der Waals surface area contributed by atoms with Crippen LogP contribution < -0.4 is 16.4 Å². The van der Waals surface area contributed by atoms with Crippen LogP contribution in [0.15, 0.2) is 18.2 Å². The summed E-state index contributed by atoms with van der Waals surface area (Å²) in [6, 6.07) is 5.09. The van der Waals surface area contributed by atoms with Crippen LogP contribution in [0, 0.1) is 6.92 Å². The molecule has 1 aliphatic heterocycles. The van der Waals surface area contributed by atoms with Crippen molar-refractivity contribution in [2.75, 3.05) is 25.6 Å². The summed E-state index contributed by atoms with van der Waals surface area (Å²) in [5.41, 5.74) is 7.04. The molecule has 0 spiro atoms. The van der Waals surface area contributed by atoms with Crippen LogP contribution in [0.4, 0.5) is 5.69 Å². The van der Waals surface area contributed by atoms with Crippen molar-refractivity contribution in [3.8, 4) is 0 Å². The van der Waals surface area contributed by atoms with Crippen molar-refractivity contribution in [2.45, 2.75) is 18.9 Å². The predicted molar refractivity (Wildman–Crippen MR) is 75.6 cm³/mol. The monoisotopic (exact) mass is 277 g/mol. The van der Waals surface area contributed by atoms with Gasteiger partial charge in [0.25, 0.3) is 5.91 Å². The highest BCUT2D eigenvalue weighted by atomic mass is 16.5. The maximum atomic E-state index is 12.2. The lowest BCUT2D eigenvalue weighted by Gasteiger charge is -2.21. The van der Waals surface area contributed by atoms with Crippen molar-refractivity contribution < 1.29 is 14.3 Å². The summed E-state index contributed by atoms with van der Waals surface area (Å²) < 4.78 is 5.18. The van der Waals surface area contributed by atoms with E-state index in [2.05, 4.69) is 10.6 Å². The van der Waals surface area contributed by atoms with Crippen molar-refractivity contribution in [1.82, 2.24) is 5.32 Å². The number of ether oxygens (including phenoxy) is 1. The van der Waals surface area contributed by atoms with E-state index in [1.165, 1.54) is 0 Å². The van der Waals surface area contributed by atoms with E-state index in [0.717, 1.165) is 5.56 Å². The summed E-state index contributed by atoms with van der Waals surface area (Å²) in [7, 11) is 1.58. The highest BCUT2D eigenvalue weighted by Gasteiger charge is 2.38. The zero-order valence-electron chi connectivity index (χ0n) is 11.7. The molecule has 1 saturated heterocycles. The van der Waals surface area contributed by atoms with Crippen LogP contribution in [-0.2, 0) is 9.53 Å². The second kappa shape index (κ2) is 5.60. The third-order valence-corrected chi connectivity index (χ3v) is 3.47. The molecule has 1 atom stereocenters. The van der Waals surface area contributed by atoms with Gasteiger partial charge in [-0.3, -0.25) is 9.59 Å². The van der Waals surface area contributed by atoms with Crippen LogP contribution in [0.3, 0.4) is 0 Å². The zero-order chi connectivity index (χ0) is 14.8. The van der Waals surface area contributed by atoms with E-state index in [9.17, 15) is 9.59 Å². The predicted octanol–water partition coefficient (Wildman–Crippen LogP) is 0.411. The van der Waals surface area contributed by atoms with Crippen LogP contribution in [-0.4, -0.2) is 37.6 Å². The number of anilines is 1. The highest BCUT2D eigenvalue weighted by molar-refractivity contribution is 6.00. The molecule has 1 aromatic carbocycles. The number of carbonyl (C=O) groups excluding carboxylic acids is 2. The molecule has 0 saturated carbocycles. The lowest BCUT2D eigenvalue weighted by molar-refractivity contribution is -0.121.